The number of nitrogens with one attached hydrogen (secondary N) is 2. The lowest BCUT2D eigenvalue weighted by molar-refractivity contribution is 0.217. The van der Waals surface area contributed by atoms with Gasteiger partial charge in [-0.1, -0.05) is 37.3 Å². The summed E-state index contributed by atoms with van der Waals surface area (Å²) in [4.78, 5) is 0. The van der Waals surface area contributed by atoms with Crippen LogP contribution in [0.25, 0.3) is 0 Å². The van der Waals surface area contributed by atoms with Crippen LogP contribution in [0.1, 0.15) is 30.4 Å². The van der Waals surface area contributed by atoms with Crippen molar-refractivity contribution in [2.45, 2.75) is 31.7 Å². The second kappa shape index (κ2) is 10.1. The molecule has 0 saturated carbocycles. The third-order valence-electron chi connectivity index (χ3n) is 5.12. The number of fused-ring (bicyclic) bond motifs is 1. The van der Waals surface area contributed by atoms with Gasteiger partial charge in [-0.25, -0.2) is 13.1 Å². The Morgan fingerprint density at radius 2 is 1.97 bits per heavy atom. The van der Waals surface area contributed by atoms with E-state index in [1.165, 1.54) is 5.56 Å². The van der Waals surface area contributed by atoms with Crippen molar-refractivity contribution in [1.82, 2.24) is 10.0 Å². The van der Waals surface area contributed by atoms with Crippen molar-refractivity contribution in [3.63, 3.8) is 0 Å². The lowest BCUT2D eigenvalue weighted by atomic mass is 9.84. The van der Waals surface area contributed by atoms with Crippen molar-refractivity contribution in [3.8, 4) is 11.5 Å². The zero-order chi connectivity index (χ0) is 20.7. The maximum atomic E-state index is 11.7. The van der Waals surface area contributed by atoms with Crippen LogP contribution in [0.15, 0.2) is 48.5 Å². The molecule has 0 fully saturated rings. The summed E-state index contributed by atoms with van der Waals surface area (Å²) >= 11 is 0. The standard InChI is InChI=1S/C22H30N2O4S/c1-3-13-29(25,26)24-11-12-27-18-9-10-22-20(15-18)19(21(23-2)16-28-22)14-17-7-5-4-6-8-17/h4-10,15,19,21,23-24H,3,11-14,16H2,1-2H3/t19-,21-/m1/s1. The van der Waals surface area contributed by atoms with E-state index in [1.807, 2.05) is 38.2 Å². The Hall–Kier alpha value is -2.09. The number of hydrogen-bond donors (Lipinski definition) is 2. The molecule has 0 radical (unpaired) electrons. The van der Waals surface area contributed by atoms with Crippen LogP contribution in [-0.2, 0) is 16.4 Å². The van der Waals surface area contributed by atoms with Crippen LogP contribution in [0.4, 0.5) is 0 Å². The Morgan fingerprint density at radius 3 is 2.69 bits per heavy atom. The molecule has 29 heavy (non-hydrogen) atoms. The van der Waals surface area contributed by atoms with Crippen LogP contribution in [0.3, 0.4) is 0 Å². The van der Waals surface area contributed by atoms with Crippen molar-refractivity contribution < 1.29 is 17.9 Å². The number of rotatable bonds is 10. The molecule has 0 bridgehead atoms. The lowest BCUT2D eigenvalue weighted by Gasteiger charge is -2.34. The first-order valence-corrected chi connectivity index (χ1v) is 11.8. The van der Waals surface area contributed by atoms with E-state index in [1.54, 1.807) is 0 Å². The second-order valence-electron chi connectivity index (χ2n) is 7.26. The molecule has 0 amide bonds. The number of hydrogen-bond acceptors (Lipinski definition) is 5. The summed E-state index contributed by atoms with van der Waals surface area (Å²) in [7, 11) is -1.25. The number of benzene rings is 2. The summed E-state index contributed by atoms with van der Waals surface area (Å²) < 4.78 is 37.8. The van der Waals surface area contributed by atoms with Crippen LogP contribution in [0, 0.1) is 0 Å². The Kier molecular flexibility index (Phi) is 7.52. The van der Waals surface area contributed by atoms with E-state index in [9.17, 15) is 8.42 Å². The van der Waals surface area contributed by atoms with Gasteiger partial charge in [-0.2, -0.15) is 0 Å². The van der Waals surface area contributed by atoms with E-state index < -0.39 is 10.0 Å². The topological polar surface area (TPSA) is 76.7 Å². The van der Waals surface area contributed by atoms with E-state index in [0.717, 1.165) is 23.5 Å². The van der Waals surface area contributed by atoms with Crippen LogP contribution in [-0.4, -0.2) is 47.0 Å². The van der Waals surface area contributed by atoms with Crippen molar-refractivity contribution in [3.05, 3.63) is 59.7 Å². The summed E-state index contributed by atoms with van der Waals surface area (Å²) in [5.74, 6) is 2.00. The van der Waals surface area contributed by atoms with Gasteiger partial charge in [0.1, 0.15) is 24.7 Å². The van der Waals surface area contributed by atoms with Gasteiger partial charge in [-0.05, 0) is 43.7 Å². The quantitative estimate of drug-likeness (QED) is 0.580. The molecule has 1 heterocycles. The minimum Gasteiger partial charge on any atom is -0.492 e. The van der Waals surface area contributed by atoms with E-state index >= 15 is 0 Å². The van der Waals surface area contributed by atoms with E-state index in [0.29, 0.717) is 13.0 Å². The number of likely N-dealkylation sites (N-methyl/N-ethyl adjacent to an activating group) is 1. The van der Waals surface area contributed by atoms with Gasteiger partial charge in [-0.15, -0.1) is 0 Å². The molecule has 3 rings (SSSR count). The number of ether oxygens (including phenoxy) is 2. The fourth-order valence-corrected chi connectivity index (χ4v) is 4.74. The molecule has 158 valence electrons. The third kappa shape index (κ3) is 5.95. The molecule has 1 aliphatic heterocycles. The molecule has 2 atom stereocenters. The fraction of sp³-hybridized carbons (Fsp3) is 0.455. The van der Waals surface area contributed by atoms with Crippen molar-refractivity contribution in [1.29, 1.82) is 0 Å². The Morgan fingerprint density at radius 1 is 1.17 bits per heavy atom. The van der Waals surface area contributed by atoms with Gasteiger partial charge >= 0.3 is 0 Å². The van der Waals surface area contributed by atoms with E-state index in [-0.39, 0.29) is 30.9 Å². The van der Waals surface area contributed by atoms with Gasteiger partial charge in [0.05, 0.1) is 5.75 Å². The molecule has 0 unspecified atom stereocenters. The molecule has 0 aliphatic carbocycles. The number of sulfonamides is 1. The van der Waals surface area contributed by atoms with Crippen molar-refractivity contribution in [2.75, 3.05) is 32.6 Å². The Bertz CT molecular complexity index is 887. The predicted molar refractivity (Wildman–Crippen MR) is 115 cm³/mol. The van der Waals surface area contributed by atoms with E-state index in [2.05, 4.69) is 34.3 Å². The molecule has 0 aromatic heterocycles. The first-order valence-electron chi connectivity index (χ1n) is 10.1. The van der Waals surface area contributed by atoms with Gasteiger partial charge in [0, 0.05) is 24.1 Å². The predicted octanol–water partition coefficient (Wildman–Crippen LogP) is 2.70. The van der Waals surface area contributed by atoms with Crippen LogP contribution in [0.2, 0.25) is 0 Å². The van der Waals surface area contributed by atoms with Crippen LogP contribution >= 0.6 is 0 Å². The Balaban J connectivity index is 1.69. The molecule has 2 aromatic carbocycles. The molecule has 6 nitrogen and oxygen atoms in total. The molecule has 2 aromatic rings. The zero-order valence-corrected chi connectivity index (χ0v) is 17.9. The van der Waals surface area contributed by atoms with Crippen molar-refractivity contribution >= 4 is 10.0 Å². The molecule has 0 spiro atoms. The highest BCUT2D eigenvalue weighted by Crippen LogP contribution is 2.38. The molecule has 1 aliphatic rings. The second-order valence-corrected chi connectivity index (χ2v) is 9.19. The minimum absolute atomic E-state index is 0.135. The Labute approximate surface area is 173 Å². The first-order chi connectivity index (χ1) is 14.0. The molecule has 7 heteroatoms. The highest BCUT2D eigenvalue weighted by Gasteiger charge is 2.30. The van der Waals surface area contributed by atoms with Gasteiger partial charge in [0.2, 0.25) is 10.0 Å². The normalized spacial score (nSPS) is 18.7. The zero-order valence-electron chi connectivity index (χ0n) is 17.1. The summed E-state index contributed by atoms with van der Waals surface area (Å²) in [6.07, 6.45) is 1.50. The fourth-order valence-electron chi connectivity index (χ4n) is 3.66. The summed E-state index contributed by atoms with van der Waals surface area (Å²) in [5, 5.41) is 3.37. The smallest absolute Gasteiger partial charge is 0.211 e. The summed E-state index contributed by atoms with van der Waals surface area (Å²) in [6.45, 7) is 3.00. The van der Waals surface area contributed by atoms with Crippen LogP contribution < -0.4 is 19.5 Å². The lowest BCUT2D eigenvalue weighted by Crippen LogP contribution is -2.41. The SMILES string of the molecule is CCCS(=O)(=O)NCCOc1ccc2c(c1)[C@@H](Cc1ccccc1)[C@H](NC)CO2. The van der Waals surface area contributed by atoms with E-state index in [4.69, 9.17) is 9.47 Å². The molecule has 2 N–H and O–H groups in total. The maximum Gasteiger partial charge on any atom is 0.211 e. The maximum absolute atomic E-state index is 11.7. The summed E-state index contributed by atoms with van der Waals surface area (Å²) in [5.41, 5.74) is 2.39. The van der Waals surface area contributed by atoms with Gasteiger partial charge in [0.15, 0.2) is 0 Å². The highest BCUT2D eigenvalue weighted by atomic mass is 32.2. The van der Waals surface area contributed by atoms with Gasteiger partial charge in [0.25, 0.3) is 0 Å². The van der Waals surface area contributed by atoms with Crippen molar-refractivity contribution in [2.24, 2.45) is 0 Å². The molecular formula is C22H30N2O4S. The molecule has 0 saturated heterocycles. The van der Waals surface area contributed by atoms with Crippen LogP contribution in [0.5, 0.6) is 11.5 Å². The molecular weight excluding hydrogens is 388 g/mol. The van der Waals surface area contributed by atoms with Gasteiger partial charge < -0.3 is 14.8 Å². The largest absolute Gasteiger partial charge is 0.492 e. The average Bonchev–Trinajstić information content (AvgIpc) is 2.72. The highest BCUT2D eigenvalue weighted by molar-refractivity contribution is 7.89. The summed E-state index contributed by atoms with van der Waals surface area (Å²) in [6, 6.07) is 16.5. The monoisotopic (exact) mass is 418 g/mol. The minimum atomic E-state index is -3.21. The average molecular weight is 419 g/mol. The first kappa shape index (κ1) is 21.6. The third-order valence-corrected chi connectivity index (χ3v) is 6.71. The van der Waals surface area contributed by atoms with Gasteiger partial charge in [-0.3, -0.25) is 0 Å².